The molecule has 11 heteroatoms. The van der Waals surface area contributed by atoms with E-state index in [2.05, 4.69) is 18.3 Å². The molecule has 7 atom stereocenters. The van der Waals surface area contributed by atoms with Gasteiger partial charge in [-0.25, -0.2) is 0 Å². The topological polar surface area (TPSA) is 153 Å². The minimum Gasteiger partial charge on any atom is -0.449 e. The van der Waals surface area contributed by atoms with Gasteiger partial charge < -0.3 is 20.6 Å². The number of hydrogen-bond donors (Lipinski definition) is 3. The summed E-state index contributed by atoms with van der Waals surface area (Å²) >= 11 is 2.60. The fourth-order valence-electron chi connectivity index (χ4n) is 9.24. The summed E-state index contributed by atoms with van der Waals surface area (Å²) in [5, 5.41) is 32.3. The normalized spacial score (nSPS) is 35.1. The van der Waals surface area contributed by atoms with Gasteiger partial charge in [0, 0.05) is 35.2 Å². The van der Waals surface area contributed by atoms with Crippen molar-refractivity contribution in [2.24, 2.45) is 39.5 Å². The van der Waals surface area contributed by atoms with Gasteiger partial charge in [0.1, 0.15) is 0 Å². The number of thioether (sulfide) groups is 2. The van der Waals surface area contributed by atoms with Gasteiger partial charge in [-0.15, -0.1) is 0 Å². The summed E-state index contributed by atoms with van der Waals surface area (Å²) in [6, 6.07) is 2.04. The Morgan fingerprint density at radius 2 is 1.98 bits per heavy atom. The van der Waals surface area contributed by atoms with Crippen LogP contribution >= 0.6 is 23.5 Å². The quantitative estimate of drug-likeness (QED) is 0.107. The molecule has 1 amide bonds. The van der Waals surface area contributed by atoms with Gasteiger partial charge in [-0.1, -0.05) is 31.2 Å². The van der Waals surface area contributed by atoms with Crippen molar-refractivity contribution >= 4 is 52.4 Å². The first-order chi connectivity index (χ1) is 22.3. The fourth-order valence-corrected chi connectivity index (χ4v) is 10.4. The van der Waals surface area contributed by atoms with E-state index in [-0.39, 0.29) is 46.4 Å². The number of fused-ring (bicyclic) bond motifs is 5. The van der Waals surface area contributed by atoms with Gasteiger partial charge in [0.25, 0.3) is 0 Å². The van der Waals surface area contributed by atoms with Gasteiger partial charge in [-0.3, -0.25) is 19.4 Å². The fraction of sp³-hybridized carbons (Fsp3) is 0.667. The molecule has 0 aromatic carbocycles. The predicted octanol–water partition coefficient (Wildman–Crippen LogP) is 5.80. The lowest BCUT2D eigenvalue weighted by molar-refractivity contribution is -0.197. The van der Waals surface area contributed by atoms with Crippen LogP contribution in [0.15, 0.2) is 39.6 Å². The smallest absolute Gasteiger partial charge is 0.309 e. The zero-order chi connectivity index (χ0) is 34.1. The third-order valence-electron chi connectivity index (χ3n) is 11.6. The number of aliphatic hydroxyl groups is 1. The number of carbonyl (C=O) groups is 3. The van der Waals surface area contributed by atoms with Gasteiger partial charge in [-0.05, 0) is 112 Å². The van der Waals surface area contributed by atoms with Crippen LogP contribution in [-0.2, 0) is 19.1 Å². The van der Waals surface area contributed by atoms with Gasteiger partial charge in [-0.2, -0.15) is 17.0 Å². The highest BCUT2D eigenvalue weighted by Crippen LogP contribution is 2.69. The lowest BCUT2D eigenvalue weighted by Crippen LogP contribution is -2.62. The Balaban J connectivity index is 1.42. The maximum absolute atomic E-state index is 13.9. The number of esters is 1. The summed E-state index contributed by atoms with van der Waals surface area (Å²) in [5.41, 5.74) is 1.47. The number of allylic oxidation sites excluding steroid dienone is 4. The number of nitriles is 1. The van der Waals surface area contributed by atoms with Crippen LogP contribution in [0.1, 0.15) is 79.1 Å². The number of nitrogens with zero attached hydrogens (tertiary/aromatic N) is 2. The standard InChI is InChI=1S/C36H48N4O5S2/c1-21(31(42)39-13-15-46-5)16-22(2)40-28-17-25-8-9-26-27-10-11-36(33(44)47-14-12-37,45-32(43)23-6-7-23)35(27,4)19-29(41)30(26)34(25,3)18-24(28)20-38/h16-17,20,23,26-27,29-30,38,41H,6-11,13-15,18-19H2,1-5H3,(H,39,42)/b21-16+,38-20?,40-22?. The van der Waals surface area contributed by atoms with Gasteiger partial charge >= 0.3 is 5.97 Å². The van der Waals surface area contributed by atoms with Crippen LogP contribution < -0.4 is 5.32 Å². The summed E-state index contributed by atoms with van der Waals surface area (Å²) < 4.78 is 6.24. The second-order valence-corrected chi connectivity index (χ2v) is 16.4. The number of ether oxygens (including phenoxy) is 1. The van der Waals surface area contributed by atoms with Crippen molar-refractivity contribution < 1.29 is 24.2 Å². The van der Waals surface area contributed by atoms with Crippen LogP contribution in [0.3, 0.4) is 0 Å². The number of carbonyl (C=O) groups excluding carboxylic acids is 3. The molecule has 4 saturated carbocycles. The number of aliphatic hydroxyl groups excluding tert-OH is 1. The average molecular weight is 681 g/mol. The molecule has 254 valence electrons. The van der Waals surface area contributed by atoms with Crippen molar-refractivity contribution in [1.82, 2.24) is 5.32 Å². The maximum Gasteiger partial charge on any atom is 0.309 e. The van der Waals surface area contributed by atoms with Crippen LogP contribution in [0.2, 0.25) is 0 Å². The number of nitrogens with one attached hydrogen (secondary N) is 2. The highest BCUT2D eigenvalue weighted by atomic mass is 32.2. The van der Waals surface area contributed by atoms with E-state index in [1.54, 1.807) is 24.8 Å². The molecule has 0 aliphatic heterocycles. The van der Waals surface area contributed by atoms with Crippen molar-refractivity contribution in [3.8, 4) is 6.07 Å². The Hall–Kier alpha value is -2.68. The van der Waals surface area contributed by atoms with Crippen molar-refractivity contribution in [2.75, 3.05) is 24.3 Å². The molecule has 0 radical (unpaired) electrons. The van der Waals surface area contributed by atoms with E-state index in [0.29, 0.717) is 37.1 Å². The van der Waals surface area contributed by atoms with Crippen molar-refractivity contribution in [1.29, 1.82) is 10.7 Å². The summed E-state index contributed by atoms with van der Waals surface area (Å²) in [6.45, 7) is 8.47. The number of rotatable bonds is 11. The molecule has 0 heterocycles. The van der Waals surface area contributed by atoms with E-state index in [9.17, 15) is 24.8 Å². The zero-order valence-corrected chi connectivity index (χ0v) is 29.8. The molecule has 5 aliphatic carbocycles. The SMILES string of the molecule is CSCCNC(=O)/C(C)=C/C(C)=NC1=C(C=N)CC2(C)C(=C1)CCC1C2C(O)CC2(C)C1CCC2(OC(=O)C1CC1)C(=O)SCC#N. The molecular formula is C36H48N4O5S2. The molecule has 5 aliphatic rings. The summed E-state index contributed by atoms with van der Waals surface area (Å²) in [6.07, 6.45) is 11.7. The van der Waals surface area contributed by atoms with E-state index < -0.39 is 22.5 Å². The lowest BCUT2D eigenvalue weighted by Gasteiger charge is -2.60. The molecule has 5 rings (SSSR count). The van der Waals surface area contributed by atoms with E-state index in [1.165, 1.54) is 11.8 Å². The average Bonchev–Trinajstić information content (AvgIpc) is 3.84. The number of hydrogen-bond acceptors (Lipinski definition) is 10. The van der Waals surface area contributed by atoms with Crippen LogP contribution in [-0.4, -0.2) is 70.0 Å². The zero-order valence-electron chi connectivity index (χ0n) is 28.2. The Morgan fingerprint density at radius 1 is 1.23 bits per heavy atom. The molecule has 4 fully saturated rings. The predicted molar refractivity (Wildman–Crippen MR) is 187 cm³/mol. The minimum absolute atomic E-state index is 0.00702. The van der Waals surface area contributed by atoms with Crippen LogP contribution in [0.25, 0.3) is 0 Å². The van der Waals surface area contributed by atoms with Gasteiger partial charge in [0.2, 0.25) is 11.0 Å². The van der Waals surface area contributed by atoms with Crippen molar-refractivity contribution in [2.45, 2.75) is 90.8 Å². The molecule has 3 N–H and O–H groups in total. The highest BCUT2D eigenvalue weighted by Gasteiger charge is 2.71. The first-order valence-corrected chi connectivity index (χ1v) is 19.1. The largest absolute Gasteiger partial charge is 0.449 e. The third kappa shape index (κ3) is 6.54. The Labute approximate surface area is 287 Å². The lowest BCUT2D eigenvalue weighted by atomic mass is 9.45. The third-order valence-corrected chi connectivity index (χ3v) is 13.1. The maximum atomic E-state index is 13.9. The van der Waals surface area contributed by atoms with Gasteiger partial charge in [0.05, 0.1) is 29.5 Å². The van der Waals surface area contributed by atoms with E-state index in [0.717, 1.165) is 60.9 Å². The number of aliphatic imine (C=N–C) groups is 1. The second-order valence-electron chi connectivity index (χ2n) is 14.5. The first kappa shape index (κ1) is 35.6. The van der Waals surface area contributed by atoms with Gasteiger partial charge in [0.15, 0.2) is 5.60 Å². The molecule has 0 saturated heterocycles. The van der Waals surface area contributed by atoms with Crippen molar-refractivity contribution in [3.05, 3.63) is 34.6 Å². The second kappa shape index (κ2) is 14.0. The monoisotopic (exact) mass is 680 g/mol. The highest BCUT2D eigenvalue weighted by molar-refractivity contribution is 8.14. The molecule has 0 aromatic heterocycles. The van der Waals surface area contributed by atoms with Crippen LogP contribution in [0.4, 0.5) is 0 Å². The minimum atomic E-state index is -1.36. The van der Waals surface area contributed by atoms with Crippen LogP contribution in [0, 0.1) is 51.2 Å². The Bertz CT molecular complexity index is 1490. The summed E-state index contributed by atoms with van der Waals surface area (Å²) in [4.78, 5) is 44.3. The first-order valence-electron chi connectivity index (χ1n) is 16.8. The molecule has 0 bridgehead atoms. The molecule has 0 aromatic rings. The van der Waals surface area contributed by atoms with E-state index in [1.807, 2.05) is 26.2 Å². The molecular weight excluding hydrogens is 633 g/mol. The van der Waals surface area contributed by atoms with Crippen LogP contribution in [0.5, 0.6) is 0 Å². The van der Waals surface area contributed by atoms with Crippen molar-refractivity contribution in [3.63, 3.8) is 0 Å². The van der Waals surface area contributed by atoms with E-state index >= 15 is 0 Å². The Morgan fingerprint density at radius 3 is 2.64 bits per heavy atom. The summed E-state index contributed by atoms with van der Waals surface area (Å²) in [7, 11) is 0. The summed E-state index contributed by atoms with van der Waals surface area (Å²) in [5.74, 6) is 0.309. The van der Waals surface area contributed by atoms with E-state index in [4.69, 9.17) is 15.1 Å². The number of amides is 1. The molecule has 9 nitrogen and oxygen atoms in total. The molecule has 47 heavy (non-hydrogen) atoms. The molecule has 7 unspecified atom stereocenters. The Kier molecular flexibility index (Phi) is 10.6. The molecule has 0 spiro atoms.